The molecule has 0 amide bonds. The molecule has 0 atom stereocenters. The third kappa shape index (κ3) is 9.39. The van der Waals surface area contributed by atoms with Crippen LogP contribution in [0, 0.1) is 0 Å². The molecule has 0 heterocycles. The molecule has 0 spiro atoms. The Hall–Kier alpha value is -0.920. The molecule has 2 N–H and O–H groups in total. The van der Waals surface area contributed by atoms with Gasteiger partial charge in [-0.15, -0.1) is 0 Å². The van der Waals surface area contributed by atoms with Gasteiger partial charge in [0.1, 0.15) is 0 Å². The monoisotopic (exact) mass is 238 g/mol. The molecule has 88 valence electrons. The van der Waals surface area contributed by atoms with Gasteiger partial charge in [-0.2, -0.15) is 8.42 Å². The van der Waals surface area contributed by atoms with Gasteiger partial charge in [-0.3, -0.25) is 4.55 Å². The SMILES string of the molecule is C=C(CCCOCCS(=O)(=O)O)C(=O)O. The molecule has 0 aromatic heterocycles. The van der Waals surface area contributed by atoms with Gasteiger partial charge >= 0.3 is 5.97 Å². The highest BCUT2D eigenvalue weighted by atomic mass is 32.2. The Morgan fingerprint density at radius 1 is 1.33 bits per heavy atom. The van der Waals surface area contributed by atoms with Crippen molar-refractivity contribution < 1.29 is 27.6 Å². The molecular formula is C8H14O6S. The average Bonchev–Trinajstić information content (AvgIpc) is 2.08. The van der Waals surface area contributed by atoms with E-state index in [9.17, 15) is 13.2 Å². The van der Waals surface area contributed by atoms with Gasteiger partial charge in [-0.1, -0.05) is 6.58 Å². The van der Waals surface area contributed by atoms with Crippen LogP contribution in [0.5, 0.6) is 0 Å². The molecule has 0 radical (unpaired) electrons. The van der Waals surface area contributed by atoms with Crippen LogP contribution >= 0.6 is 0 Å². The molecule has 7 heteroatoms. The molecule has 15 heavy (non-hydrogen) atoms. The lowest BCUT2D eigenvalue weighted by molar-refractivity contribution is -0.132. The predicted molar refractivity (Wildman–Crippen MR) is 53.2 cm³/mol. The summed E-state index contributed by atoms with van der Waals surface area (Å²) in [5, 5.41) is 8.44. The van der Waals surface area contributed by atoms with Crippen molar-refractivity contribution in [2.75, 3.05) is 19.0 Å². The first-order valence-electron chi connectivity index (χ1n) is 4.27. The topological polar surface area (TPSA) is 101 Å². The predicted octanol–water partition coefficient (Wildman–Crippen LogP) is 0.312. The third-order valence-corrected chi connectivity index (χ3v) is 2.24. The van der Waals surface area contributed by atoms with Crippen LogP contribution < -0.4 is 0 Å². The van der Waals surface area contributed by atoms with Gasteiger partial charge in [-0.25, -0.2) is 4.79 Å². The second kappa shape index (κ2) is 6.54. The second-order valence-electron chi connectivity index (χ2n) is 2.91. The summed E-state index contributed by atoms with van der Waals surface area (Å²) < 4.78 is 33.7. The van der Waals surface area contributed by atoms with E-state index >= 15 is 0 Å². The van der Waals surface area contributed by atoms with Gasteiger partial charge in [0.25, 0.3) is 10.1 Å². The van der Waals surface area contributed by atoms with E-state index in [1.807, 2.05) is 0 Å². The number of aliphatic carboxylic acids is 1. The zero-order chi connectivity index (χ0) is 11.9. The minimum absolute atomic E-state index is 0.0911. The average molecular weight is 238 g/mol. The van der Waals surface area contributed by atoms with Crippen molar-refractivity contribution in [3.63, 3.8) is 0 Å². The van der Waals surface area contributed by atoms with E-state index < -0.39 is 21.8 Å². The molecule has 0 aromatic rings. The van der Waals surface area contributed by atoms with Crippen LogP contribution in [0.4, 0.5) is 0 Å². The van der Waals surface area contributed by atoms with Crippen LogP contribution in [0.15, 0.2) is 12.2 Å². The van der Waals surface area contributed by atoms with Crippen LogP contribution in [0.25, 0.3) is 0 Å². The van der Waals surface area contributed by atoms with E-state index in [0.717, 1.165) is 0 Å². The zero-order valence-electron chi connectivity index (χ0n) is 8.18. The quantitative estimate of drug-likeness (QED) is 0.358. The van der Waals surface area contributed by atoms with E-state index in [2.05, 4.69) is 6.58 Å². The largest absolute Gasteiger partial charge is 0.478 e. The Kier molecular flexibility index (Phi) is 6.14. The van der Waals surface area contributed by atoms with E-state index in [1.54, 1.807) is 0 Å². The number of hydrogen-bond donors (Lipinski definition) is 2. The Balaban J connectivity index is 3.41. The summed E-state index contributed by atoms with van der Waals surface area (Å²) in [7, 11) is -3.98. The Morgan fingerprint density at radius 2 is 1.93 bits per heavy atom. The molecule has 0 rings (SSSR count). The molecule has 6 nitrogen and oxygen atoms in total. The smallest absolute Gasteiger partial charge is 0.330 e. The van der Waals surface area contributed by atoms with Crippen LogP contribution in [-0.2, 0) is 19.6 Å². The molecule has 0 aliphatic heterocycles. The van der Waals surface area contributed by atoms with Gasteiger partial charge < -0.3 is 9.84 Å². The van der Waals surface area contributed by atoms with Crippen LogP contribution in [0.1, 0.15) is 12.8 Å². The highest BCUT2D eigenvalue weighted by Gasteiger charge is 2.05. The highest BCUT2D eigenvalue weighted by molar-refractivity contribution is 7.85. The zero-order valence-corrected chi connectivity index (χ0v) is 8.99. The number of carboxylic acids is 1. The fraction of sp³-hybridized carbons (Fsp3) is 0.625. The second-order valence-corrected chi connectivity index (χ2v) is 4.48. The standard InChI is InChI=1S/C8H14O6S/c1-7(8(9)10)3-2-4-14-5-6-15(11,12)13/h1-6H2,(H,9,10)(H,11,12,13). The van der Waals surface area contributed by atoms with E-state index in [-0.39, 0.29) is 18.8 Å². The minimum Gasteiger partial charge on any atom is -0.478 e. The van der Waals surface area contributed by atoms with Crippen LogP contribution in [0.2, 0.25) is 0 Å². The summed E-state index contributed by atoms with van der Waals surface area (Å²) in [6, 6.07) is 0. The van der Waals surface area contributed by atoms with Gasteiger partial charge in [0, 0.05) is 12.2 Å². The maximum atomic E-state index is 10.3. The van der Waals surface area contributed by atoms with Crippen molar-refractivity contribution in [1.29, 1.82) is 0 Å². The van der Waals surface area contributed by atoms with Gasteiger partial charge in [0.05, 0.1) is 12.4 Å². The molecule has 0 saturated heterocycles. The van der Waals surface area contributed by atoms with Gasteiger partial charge in [0.15, 0.2) is 0 Å². The maximum absolute atomic E-state index is 10.3. The van der Waals surface area contributed by atoms with Crippen molar-refractivity contribution in [3.05, 3.63) is 12.2 Å². The summed E-state index contributed by atoms with van der Waals surface area (Å²) >= 11 is 0. The molecule has 0 aromatic carbocycles. The molecule has 0 saturated carbocycles. The first-order valence-corrected chi connectivity index (χ1v) is 5.88. The van der Waals surface area contributed by atoms with Crippen molar-refractivity contribution in [1.82, 2.24) is 0 Å². The summed E-state index contributed by atoms with van der Waals surface area (Å²) in [6.07, 6.45) is 0.748. The number of rotatable bonds is 8. The molecule has 0 fully saturated rings. The Bertz CT molecular complexity index is 318. The fourth-order valence-corrected chi connectivity index (χ4v) is 1.09. The number of carbonyl (C=O) groups is 1. The number of carboxylic acid groups (broad SMARTS) is 1. The summed E-state index contributed by atoms with van der Waals surface area (Å²) in [6.45, 7) is 3.46. The maximum Gasteiger partial charge on any atom is 0.330 e. The van der Waals surface area contributed by atoms with E-state index in [0.29, 0.717) is 12.8 Å². The summed E-state index contributed by atoms with van der Waals surface area (Å²) in [4.78, 5) is 10.3. The number of ether oxygens (including phenoxy) is 1. The lowest BCUT2D eigenvalue weighted by atomic mass is 10.2. The first kappa shape index (κ1) is 14.1. The first-order chi connectivity index (χ1) is 6.83. The van der Waals surface area contributed by atoms with Crippen LogP contribution in [-0.4, -0.2) is 43.0 Å². The summed E-state index contributed by atoms with van der Waals surface area (Å²) in [5.41, 5.74) is 0.0911. The van der Waals surface area contributed by atoms with Crippen LogP contribution in [0.3, 0.4) is 0 Å². The van der Waals surface area contributed by atoms with Crippen molar-refractivity contribution in [3.8, 4) is 0 Å². The molecule has 0 bridgehead atoms. The Morgan fingerprint density at radius 3 is 2.40 bits per heavy atom. The highest BCUT2D eigenvalue weighted by Crippen LogP contribution is 2.02. The van der Waals surface area contributed by atoms with E-state index in [1.165, 1.54) is 0 Å². The number of hydrogen-bond acceptors (Lipinski definition) is 4. The van der Waals surface area contributed by atoms with E-state index in [4.69, 9.17) is 14.4 Å². The van der Waals surface area contributed by atoms with Gasteiger partial charge in [0.2, 0.25) is 0 Å². The molecular weight excluding hydrogens is 224 g/mol. The third-order valence-electron chi connectivity index (χ3n) is 1.56. The van der Waals surface area contributed by atoms with Crippen molar-refractivity contribution >= 4 is 16.1 Å². The molecule has 0 aliphatic rings. The Labute approximate surface area is 88.3 Å². The lowest BCUT2D eigenvalue weighted by Gasteiger charge is -2.02. The fourth-order valence-electron chi connectivity index (χ4n) is 0.761. The molecule has 0 aliphatic carbocycles. The normalized spacial score (nSPS) is 11.3. The van der Waals surface area contributed by atoms with Crippen molar-refractivity contribution in [2.24, 2.45) is 0 Å². The van der Waals surface area contributed by atoms with Gasteiger partial charge in [-0.05, 0) is 12.8 Å². The lowest BCUT2D eigenvalue weighted by Crippen LogP contribution is -2.11. The molecule has 0 unspecified atom stereocenters. The summed E-state index contributed by atoms with van der Waals surface area (Å²) in [5.74, 6) is -1.50. The van der Waals surface area contributed by atoms with Crippen molar-refractivity contribution in [2.45, 2.75) is 12.8 Å². The minimum atomic E-state index is -3.98.